The molecule has 1 fully saturated rings. The van der Waals surface area contributed by atoms with Gasteiger partial charge < -0.3 is 10.6 Å². The second-order valence-corrected chi connectivity index (χ2v) is 7.58. The average Bonchev–Trinajstić information content (AvgIpc) is 2.75. The Morgan fingerprint density at radius 2 is 1.87 bits per heavy atom. The largest absolute Gasteiger partial charge is 0.370 e. The molecule has 1 saturated heterocycles. The second-order valence-electron chi connectivity index (χ2n) is 7.58. The van der Waals surface area contributed by atoms with Gasteiger partial charge in [-0.2, -0.15) is 0 Å². The van der Waals surface area contributed by atoms with Crippen LogP contribution in [0.2, 0.25) is 0 Å². The number of benzene rings is 1. The first-order valence-electron chi connectivity index (χ1n) is 10.0. The number of halogens is 3. The third-order valence-electron chi connectivity index (χ3n) is 5.36. The molecule has 3 aromatic rings. The standard InChI is InChI=1S/C23H21F3N4O/c24-16-4-1-5-17(25)22(16)23-18(26)6-7-19(29-23)21(31)11-14-12-28-9-8-20(14)30-10-2-3-15(27)13-30/h1,4-9,12,15H,2-3,10-11,13,27H2/t15-/m0/s1. The predicted molar refractivity (Wildman–Crippen MR) is 111 cm³/mol. The van der Waals surface area contributed by atoms with Crippen molar-refractivity contribution in [2.75, 3.05) is 18.0 Å². The Hall–Kier alpha value is -3.26. The molecule has 0 saturated carbocycles. The highest BCUT2D eigenvalue weighted by molar-refractivity contribution is 5.97. The predicted octanol–water partition coefficient (Wildman–Crippen LogP) is 3.91. The zero-order valence-corrected chi connectivity index (χ0v) is 16.7. The number of carbonyl (C=O) groups excluding carboxylic acids is 1. The first-order valence-corrected chi connectivity index (χ1v) is 10.0. The number of hydrogen-bond donors (Lipinski definition) is 1. The number of rotatable bonds is 5. The molecular formula is C23H21F3N4O. The molecule has 0 aliphatic carbocycles. The molecular weight excluding hydrogens is 405 g/mol. The monoisotopic (exact) mass is 426 g/mol. The molecule has 0 unspecified atom stereocenters. The lowest BCUT2D eigenvalue weighted by atomic mass is 10.0. The van der Waals surface area contributed by atoms with Gasteiger partial charge in [0, 0.05) is 49.2 Å². The number of pyridine rings is 2. The lowest BCUT2D eigenvalue weighted by Crippen LogP contribution is -2.43. The van der Waals surface area contributed by atoms with E-state index in [0.717, 1.165) is 43.3 Å². The van der Waals surface area contributed by atoms with Crippen molar-refractivity contribution >= 4 is 11.5 Å². The van der Waals surface area contributed by atoms with Crippen molar-refractivity contribution < 1.29 is 18.0 Å². The molecule has 8 heteroatoms. The van der Waals surface area contributed by atoms with Crippen LogP contribution in [0, 0.1) is 17.5 Å². The van der Waals surface area contributed by atoms with Gasteiger partial charge in [-0.15, -0.1) is 0 Å². The zero-order valence-electron chi connectivity index (χ0n) is 16.7. The van der Waals surface area contributed by atoms with Gasteiger partial charge in [-0.25, -0.2) is 18.2 Å². The number of Topliss-reactive ketones (excluding diaryl/α,β-unsaturated/α-hetero) is 1. The molecule has 5 nitrogen and oxygen atoms in total. The second kappa shape index (κ2) is 8.85. The van der Waals surface area contributed by atoms with Crippen LogP contribution in [0.15, 0.2) is 48.8 Å². The highest BCUT2D eigenvalue weighted by Gasteiger charge is 2.22. The molecule has 160 valence electrons. The van der Waals surface area contributed by atoms with E-state index in [-0.39, 0.29) is 18.2 Å². The topological polar surface area (TPSA) is 72.1 Å². The number of nitrogens with zero attached hydrogens (tertiary/aromatic N) is 3. The van der Waals surface area contributed by atoms with E-state index in [2.05, 4.69) is 14.9 Å². The van der Waals surface area contributed by atoms with Gasteiger partial charge in [-0.3, -0.25) is 9.78 Å². The Morgan fingerprint density at radius 1 is 1.10 bits per heavy atom. The number of aromatic nitrogens is 2. The first-order chi connectivity index (χ1) is 14.9. The fourth-order valence-corrected chi connectivity index (χ4v) is 3.85. The highest BCUT2D eigenvalue weighted by atomic mass is 19.1. The molecule has 0 amide bonds. The lowest BCUT2D eigenvalue weighted by Gasteiger charge is -2.33. The summed E-state index contributed by atoms with van der Waals surface area (Å²) >= 11 is 0. The number of nitrogens with two attached hydrogens (primary N) is 1. The van der Waals surface area contributed by atoms with Crippen molar-refractivity contribution in [2.24, 2.45) is 5.73 Å². The first kappa shape index (κ1) is 21.0. The van der Waals surface area contributed by atoms with Crippen molar-refractivity contribution in [3.05, 3.63) is 77.5 Å². The van der Waals surface area contributed by atoms with E-state index < -0.39 is 34.5 Å². The molecule has 1 aliphatic rings. The summed E-state index contributed by atoms with van der Waals surface area (Å²) in [5.41, 5.74) is 6.42. The van der Waals surface area contributed by atoms with E-state index in [1.807, 2.05) is 6.07 Å². The minimum Gasteiger partial charge on any atom is -0.370 e. The molecule has 3 heterocycles. The Kier molecular flexibility index (Phi) is 5.99. The number of carbonyl (C=O) groups is 1. The third-order valence-corrected chi connectivity index (χ3v) is 5.36. The summed E-state index contributed by atoms with van der Waals surface area (Å²) in [5.74, 6) is -3.22. The SMILES string of the molecule is N[C@H]1CCCN(c2ccncc2CC(=O)c2ccc(F)c(-c3c(F)cccc3F)n2)C1. The maximum absolute atomic E-state index is 14.3. The Bertz CT molecular complexity index is 1100. The number of piperidine rings is 1. The quantitative estimate of drug-likeness (QED) is 0.627. The minimum absolute atomic E-state index is 0.0350. The van der Waals surface area contributed by atoms with E-state index >= 15 is 0 Å². The van der Waals surface area contributed by atoms with Gasteiger partial charge in [0.2, 0.25) is 0 Å². The molecule has 1 atom stereocenters. The summed E-state index contributed by atoms with van der Waals surface area (Å²) in [6, 6.07) is 7.30. The van der Waals surface area contributed by atoms with Crippen molar-refractivity contribution in [3.63, 3.8) is 0 Å². The van der Waals surface area contributed by atoms with E-state index in [0.29, 0.717) is 12.1 Å². The summed E-state index contributed by atoms with van der Waals surface area (Å²) < 4.78 is 42.6. The summed E-state index contributed by atoms with van der Waals surface area (Å²) in [4.78, 5) is 23.1. The van der Waals surface area contributed by atoms with Crippen LogP contribution >= 0.6 is 0 Å². The maximum atomic E-state index is 14.3. The Morgan fingerprint density at radius 3 is 2.61 bits per heavy atom. The third kappa shape index (κ3) is 4.44. The van der Waals surface area contributed by atoms with Crippen LogP contribution in [0.25, 0.3) is 11.3 Å². The number of anilines is 1. The Labute approximate surface area is 177 Å². The molecule has 31 heavy (non-hydrogen) atoms. The van der Waals surface area contributed by atoms with Crippen molar-refractivity contribution in [2.45, 2.75) is 25.3 Å². The van der Waals surface area contributed by atoms with Gasteiger partial charge in [0.25, 0.3) is 0 Å². The van der Waals surface area contributed by atoms with Crippen LogP contribution in [0.3, 0.4) is 0 Å². The summed E-state index contributed by atoms with van der Waals surface area (Å²) in [5, 5.41) is 0. The average molecular weight is 426 g/mol. The summed E-state index contributed by atoms with van der Waals surface area (Å²) in [7, 11) is 0. The van der Waals surface area contributed by atoms with E-state index in [1.165, 1.54) is 12.1 Å². The van der Waals surface area contributed by atoms with E-state index in [9.17, 15) is 18.0 Å². The van der Waals surface area contributed by atoms with Crippen LogP contribution in [-0.4, -0.2) is 34.9 Å². The van der Waals surface area contributed by atoms with Gasteiger partial charge >= 0.3 is 0 Å². The van der Waals surface area contributed by atoms with Gasteiger partial charge in [0.05, 0.1) is 5.56 Å². The molecule has 0 bridgehead atoms. The van der Waals surface area contributed by atoms with Gasteiger partial charge in [-0.05, 0) is 43.2 Å². The van der Waals surface area contributed by atoms with Crippen LogP contribution in [-0.2, 0) is 6.42 Å². The van der Waals surface area contributed by atoms with E-state index in [1.54, 1.807) is 12.4 Å². The van der Waals surface area contributed by atoms with Crippen LogP contribution in [0.5, 0.6) is 0 Å². The molecule has 1 aliphatic heterocycles. The normalized spacial score (nSPS) is 16.4. The molecule has 2 N–H and O–H groups in total. The van der Waals surface area contributed by atoms with Crippen molar-refractivity contribution in [3.8, 4) is 11.3 Å². The minimum atomic E-state index is -0.952. The number of hydrogen-bond acceptors (Lipinski definition) is 5. The van der Waals surface area contributed by atoms with Crippen molar-refractivity contribution in [1.82, 2.24) is 9.97 Å². The fourth-order valence-electron chi connectivity index (χ4n) is 3.85. The molecule has 2 aromatic heterocycles. The maximum Gasteiger partial charge on any atom is 0.185 e. The molecule has 0 spiro atoms. The smallest absolute Gasteiger partial charge is 0.185 e. The van der Waals surface area contributed by atoms with Gasteiger partial charge in [0.1, 0.15) is 28.8 Å². The van der Waals surface area contributed by atoms with Gasteiger partial charge in [-0.1, -0.05) is 6.07 Å². The van der Waals surface area contributed by atoms with Crippen LogP contribution < -0.4 is 10.6 Å². The summed E-state index contributed by atoms with van der Waals surface area (Å²) in [6.07, 6.45) is 5.12. The van der Waals surface area contributed by atoms with Crippen LogP contribution in [0.1, 0.15) is 28.9 Å². The zero-order chi connectivity index (χ0) is 22.0. The lowest BCUT2D eigenvalue weighted by molar-refractivity contribution is 0.0988. The molecule has 1 aromatic carbocycles. The highest BCUT2D eigenvalue weighted by Crippen LogP contribution is 2.28. The van der Waals surface area contributed by atoms with Gasteiger partial charge in [0.15, 0.2) is 5.78 Å². The number of ketones is 1. The fraction of sp³-hybridized carbons (Fsp3) is 0.261. The van der Waals surface area contributed by atoms with Crippen molar-refractivity contribution in [1.29, 1.82) is 0 Å². The summed E-state index contributed by atoms with van der Waals surface area (Å²) in [6.45, 7) is 1.50. The Balaban J connectivity index is 1.64. The molecule has 4 rings (SSSR count). The van der Waals surface area contributed by atoms with Crippen LogP contribution in [0.4, 0.5) is 18.9 Å². The van der Waals surface area contributed by atoms with E-state index in [4.69, 9.17) is 5.73 Å². The molecule has 0 radical (unpaired) electrons.